The fourth-order valence-electron chi connectivity index (χ4n) is 4.19. The quantitative estimate of drug-likeness (QED) is 0.309. The first-order chi connectivity index (χ1) is 15.9. The van der Waals surface area contributed by atoms with E-state index in [9.17, 15) is 8.42 Å². The Morgan fingerprint density at radius 2 is 1.70 bits per heavy atom. The second kappa shape index (κ2) is 8.21. The minimum absolute atomic E-state index is 0.141. The first kappa shape index (κ1) is 21.5. The SMILES string of the molecule is Cc1c(N(Cc2ccc3c(Cl)cn(C)c3c2)S(=O)(=O)c2ccccc2)ncc2ccccc12. The molecular formula is C26H22ClN3O2S. The van der Waals surface area contributed by atoms with Gasteiger partial charge in [-0.25, -0.2) is 17.7 Å². The standard InChI is InChI=1S/C26H22ClN3O2S/c1-18-22-11-7-6-8-20(22)15-28-26(18)30(33(31,32)21-9-4-3-5-10-21)16-19-12-13-23-24(27)17-29(2)25(23)14-19/h3-15,17H,16H2,1-2H3. The van der Waals surface area contributed by atoms with Crippen LogP contribution in [0.5, 0.6) is 0 Å². The highest BCUT2D eigenvalue weighted by molar-refractivity contribution is 7.92. The number of pyridine rings is 1. The Kier molecular flexibility index (Phi) is 5.35. The summed E-state index contributed by atoms with van der Waals surface area (Å²) in [6, 6.07) is 22.2. The summed E-state index contributed by atoms with van der Waals surface area (Å²) in [6.45, 7) is 2.06. The van der Waals surface area contributed by atoms with Gasteiger partial charge in [-0.2, -0.15) is 0 Å². The fourth-order valence-corrected chi connectivity index (χ4v) is 5.98. The van der Waals surface area contributed by atoms with Crippen molar-refractivity contribution in [3.05, 3.63) is 101 Å². The molecule has 0 aliphatic heterocycles. The van der Waals surface area contributed by atoms with Crippen molar-refractivity contribution in [3.8, 4) is 0 Å². The molecule has 2 heterocycles. The summed E-state index contributed by atoms with van der Waals surface area (Å²) in [5.74, 6) is 0.419. The molecule has 5 rings (SSSR count). The molecule has 2 aromatic heterocycles. The van der Waals surface area contributed by atoms with E-state index in [0.29, 0.717) is 10.8 Å². The Morgan fingerprint density at radius 3 is 2.48 bits per heavy atom. The van der Waals surface area contributed by atoms with Crippen LogP contribution in [0, 0.1) is 6.92 Å². The summed E-state index contributed by atoms with van der Waals surface area (Å²) in [6.07, 6.45) is 3.58. The van der Waals surface area contributed by atoms with Gasteiger partial charge in [0.2, 0.25) is 0 Å². The Balaban J connectivity index is 1.68. The number of fused-ring (bicyclic) bond motifs is 2. The number of aryl methyl sites for hydroxylation is 2. The first-order valence-electron chi connectivity index (χ1n) is 10.5. The third-order valence-corrected chi connectivity index (χ3v) is 7.98. The highest BCUT2D eigenvalue weighted by Crippen LogP contribution is 2.32. The summed E-state index contributed by atoms with van der Waals surface area (Å²) in [4.78, 5) is 4.82. The zero-order valence-corrected chi connectivity index (χ0v) is 19.8. The summed E-state index contributed by atoms with van der Waals surface area (Å²) in [7, 11) is -1.94. The van der Waals surface area contributed by atoms with Crippen molar-refractivity contribution in [1.82, 2.24) is 9.55 Å². The summed E-state index contributed by atoms with van der Waals surface area (Å²) in [5, 5.41) is 3.54. The molecule has 0 aliphatic rings. The zero-order valence-electron chi connectivity index (χ0n) is 18.2. The van der Waals surface area contributed by atoms with Crippen LogP contribution in [0.4, 0.5) is 5.82 Å². The van der Waals surface area contributed by atoms with Gasteiger partial charge in [-0.1, -0.05) is 66.2 Å². The third kappa shape index (κ3) is 3.75. The molecule has 5 aromatic rings. The van der Waals surface area contributed by atoms with Crippen molar-refractivity contribution in [2.45, 2.75) is 18.4 Å². The molecule has 0 aliphatic carbocycles. The van der Waals surface area contributed by atoms with E-state index < -0.39 is 10.0 Å². The lowest BCUT2D eigenvalue weighted by Gasteiger charge is -2.26. The highest BCUT2D eigenvalue weighted by Gasteiger charge is 2.28. The maximum atomic E-state index is 13.8. The number of hydrogen-bond donors (Lipinski definition) is 0. The van der Waals surface area contributed by atoms with Crippen LogP contribution in [0.15, 0.2) is 90.1 Å². The maximum Gasteiger partial charge on any atom is 0.265 e. The molecule has 0 amide bonds. The van der Waals surface area contributed by atoms with Gasteiger partial charge in [0.25, 0.3) is 10.0 Å². The van der Waals surface area contributed by atoms with Gasteiger partial charge in [-0.3, -0.25) is 0 Å². The largest absolute Gasteiger partial charge is 0.349 e. The number of anilines is 1. The minimum Gasteiger partial charge on any atom is -0.349 e. The molecule has 0 bridgehead atoms. The van der Waals surface area contributed by atoms with Gasteiger partial charge in [0.15, 0.2) is 0 Å². The molecule has 5 nitrogen and oxygen atoms in total. The van der Waals surface area contributed by atoms with E-state index in [0.717, 1.165) is 32.8 Å². The molecule has 7 heteroatoms. The van der Waals surface area contributed by atoms with Crippen LogP contribution in [0.2, 0.25) is 5.02 Å². The van der Waals surface area contributed by atoms with E-state index in [1.165, 1.54) is 4.31 Å². The zero-order chi connectivity index (χ0) is 23.2. The highest BCUT2D eigenvalue weighted by atomic mass is 35.5. The van der Waals surface area contributed by atoms with E-state index in [2.05, 4.69) is 4.98 Å². The lowest BCUT2D eigenvalue weighted by atomic mass is 10.1. The van der Waals surface area contributed by atoms with E-state index in [1.807, 2.05) is 67.2 Å². The normalized spacial score (nSPS) is 11.8. The molecule has 3 aromatic carbocycles. The van der Waals surface area contributed by atoms with Crippen LogP contribution < -0.4 is 4.31 Å². The van der Waals surface area contributed by atoms with Crippen LogP contribution in [-0.2, 0) is 23.6 Å². The molecule has 0 unspecified atom stereocenters. The van der Waals surface area contributed by atoms with Crippen molar-refractivity contribution < 1.29 is 8.42 Å². The average molecular weight is 476 g/mol. The van der Waals surface area contributed by atoms with Crippen molar-refractivity contribution >= 4 is 49.1 Å². The first-order valence-corrected chi connectivity index (χ1v) is 12.3. The molecule has 0 spiro atoms. The molecule has 166 valence electrons. The fraction of sp³-hybridized carbons (Fsp3) is 0.115. The predicted octanol–water partition coefficient (Wildman–Crippen LogP) is 6.08. The number of aromatic nitrogens is 2. The summed E-state index contributed by atoms with van der Waals surface area (Å²) < 4.78 is 31.0. The Labute approximate surface area is 197 Å². The average Bonchev–Trinajstić information content (AvgIpc) is 3.11. The topological polar surface area (TPSA) is 55.2 Å². The molecule has 0 radical (unpaired) electrons. The molecule has 0 saturated carbocycles. The predicted molar refractivity (Wildman–Crippen MR) is 134 cm³/mol. The Hall–Kier alpha value is -3.35. The Bertz CT molecular complexity index is 1590. The molecular weight excluding hydrogens is 454 g/mol. The molecule has 0 atom stereocenters. The van der Waals surface area contributed by atoms with Gasteiger partial charge < -0.3 is 4.57 Å². The number of sulfonamides is 1. The van der Waals surface area contributed by atoms with E-state index in [-0.39, 0.29) is 11.4 Å². The van der Waals surface area contributed by atoms with Crippen LogP contribution in [-0.4, -0.2) is 18.0 Å². The van der Waals surface area contributed by atoms with Gasteiger partial charge in [0.1, 0.15) is 5.82 Å². The van der Waals surface area contributed by atoms with Crippen molar-refractivity contribution in [2.24, 2.45) is 7.05 Å². The molecule has 0 saturated heterocycles. The van der Waals surface area contributed by atoms with Crippen molar-refractivity contribution in [3.63, 3.8) is 0 Å². The van der Waals surface area contributed by atoms with E-state index >= 15 is 0 Å². The second-order valence-electron chi connectivity index (χ2n) is 8.06. The van der Waals surface area contributed by atoms with Crippen LogP contribution >= 0.6 is 11.6 Å². The number of benzene rings is 3. The smallest absolute Gasteiger partial charge is 0.265 e. The van der Waals surface area contributed by atoms with E-state index in [4.69, 9.17) is 11.6 Å². The number of nitrogens with zero attached hydrogens (tertiary/aromatic N) is 3. The molecule has 0 N–H and O–H groups in total. The van der Waals surface area contributed by atoms with E-state index in [1.54, 1.807) is 36.5 Å². The minimum atomic E-state index is -3.86. The van der Waals surface area contributed by atoms with Gasteiger partial charge in [-0.15, -0.1) is 0 Å². The number of rotatable bonds is 5. The van der Waals surface area contributed by atoms with Crippen LogP contribution in [0.3, 0.4) is 0 Å². The van der Waals surface area contributed by atoms with Gasteiger partial charge in [0.05, 0.1) is 16.5 Å². The lowest BCUT2D eigenvalue weighted by molar-refractivity contribution is 0.589. The van der Waals surface area contributed by atoms with Crippen LogP contribution in [0.1, 0.15) is 11.1 Å². The summed E-state index contributed by atoms with van der Waals surface area (Å²) in [5.41, 5.74) is 2.60. The van der Waals surface area contributed by atoms with Gasteiger partial charge in [0, 0.05) is 41.3 Å². The van der Waals surface area contributed by atoms with Crippen LogP contribution in [0.25, 0.3) is 21.7 Å². The molecule has 0 fully saturated rings. The lowest BCUT2D eigenvalue weighted by Crippen LogP contribution is -2.32. The molecule has 33 heavy (non-hydrogen) atoms. The second-order valence-corrected chi connectivity index (χ2v) is 10.3. The summed E-state index contributed by atoms with van der Waals surface area (Å²) >= 11 is 6.32. The Morgan fingerprint density at radius 1 is 0.970 bits per heavy atom. The van der Waals surface area contributed by atoms with Gasteiger partial charge in [-0.05, 0) is 36.1 Å². The number of hydrogen-bond acceptors (Lipinski definition) is 3. The van der Waals surface area contributed by atoms with Gasteiger partial charge >= 0.3 is 0 Å². The third-order valence-electron chi connectivity index (χ3n) is 5.93. The monoisotopic (exact) mass is 475 g/mol. The van der Waals surface area contributed by atoms with Crippen molar-refractivity contribution in [1.29, 1.82) is 0 Å². The van der Waals surface area contributed by atoms with Crippen molar-refractivity contribution in [2.75, 3.05) is 4.31 Å². The maximum absolute atomic E-state index is 13.8. The number of halogens is 1.